The highest BCUT2D eigenvalue weighted by Gasteiger charge is 2.24. The molecule has 3 amide bonds. The lowest BCUT2D eigenvalue weighted by molar-refractivity contribution is -0.120. The monoisotopic (exact) mass is 577 g/mol. The predicted molar refractivity (Wildman–Crippen MR) is 151 cm³/mol. The van der Waals surface area contributed by atoms with Crippen LogP contribution in [0.15, 0.2) is 55.0 Å². The summed E-state index contributed by atoms with van der Waals surface area (Å²) in [6, 6.07) is 11.2. The quantitative estimate of drug-likeness (QED) is 0.270. The number of fused-ring (bicyclic) bond motifs is 1. The van der Waals surface area contributed by atoms with Gasteiger partial charge in [-0.2, -0.15) is 0 Å². The number of carbonyl (C=O) groups excluding carboxylic acids is 2. The van der Waals surface area contributed by atoms with E-state index in [1.807, 2.05) is 18.2 Å². The van der Waals surface area contributed by atoms with Crippen LogP contribution in [0.2, 0.25) is 5.02 Å². The van der Waals surface area contributed by atoms with E-state index in [0.717, 1.165) is 12.1 Å². The predicted octanol–water partition coefficient (Wildman–Crippen LogP) is 4.79. The molecule has 0 aliphatic carbocycles. The molecule has 0 bridgehead atoms. The van der Waals surface area contributed by atoms with Crippen molar-refractivity contribution in [2.45, 2.75) is 25.5 Å². The zero-order valence-corrected chi connectivity index (χ0v) is 22.4. The van der Waals surface area contributed by atoms with Gasteiger partial charge in [-0.25, -0.2) is 19.2 Å². The van der Waals surface area contributed by atoms with Gasteiger partial charge in [0.05, 0.1) is 53.6 Å². The Balaban J connectivity index is 1.26. The molecule has 0 unspecified atom stereocenters. The molecule has 0 radical (unpaired) electrons. The maximum atomic E-state index is 13.7. The molecule has 2 fully saturated rings. The van der Waals surface area contributed by atoms with Gasteiger partial charge in [0.1, 0.15) is 29.8 Å². The Hall–Kier alpha value is -4.55. The first-order valence-corrected chi connectivity index (χ1v) is 13.4. The molecule has 210 valence electrons. The summed E-state index contributed by atoms with van der Waals surface area (Å²) >= 11 is 5.97. The van der Waals surface area contributed by atoms with Crippen molar-refractivity contribution >= 4 is 57.3 Å². The van der Waals surface area contributed by atoms with Crippen molar-refractivity contribution in [2.75, 3.05) is 35.3 Å². The zero-order chi connectivity index (χ0) is 28.3. The van der Waals surface area contributed by atoms with Crippen molar-refractivity contribution in [1.82, 2.24) is 20.3 Å². The molecule has 4 heterocycles. The Morgan fingerprint density at radius 3 is 2.80 bits per heavy atom. The molecule has 2 aliphatic rings. The fraction of sp³-hybridized carbons (Fsp3) is 0.250. The number of hydrogen-bond acceptors (Lipinski definition) is 9. The molecule has 1 atom stereocenters. The topological polar surface area (TPSA) is 131 Å². The maximum absolute atomic E-state index is 13.7. The van der Waals surface area contributed by atoms with Gasteiger partial charge in [0.25, 0.3) is 0 Å². The maximum Gasteiger partial charge on any atom is 0.328 e. The lowest BCUT2D eigenvalue weighted by Crippen LogP contribution is -2.49. The second kappa shape index (κ2) is 11.5. The second-order valence-corrected chi connectivity index (χ2v) is 9.97. The third-order valence-electron chi connectivity index (χ3n) is 6.74. The lowest BCUT2D eigenvalue weighted by Gasteiger charge is -2.26. The third-order valence-corrected chi connectivity index (χ3v) is 7.02. The van der Waals surface area contributed by atoms with Crippen molar-refractivity contribution in [2.24, 2.45) is 0 Å². The van der Waals surface area contributed by atoms with Crippen LogP contribution in [0.25, 0.3) is 10.9 Å². The number of anilines is 4. The Bertz CT molecular complexity index is 1620. The van der Waals surface area contributed by atoms with Crippen LogP contribution in [-0.2, 0) is 16.1 Å². The van der Waals surface area contributed by atoms with Gasteiger partial charge in [0.2, 0.25) is 5.91 Å². The number of ether oxygens (including phenoxy) is 2. The summed E-state index contributed by atoms with van der Waals surface area (Å²) in [6.07, 6.45) is 3.96. The average molecular weight is 578 g/mol. The Morgan fingerprint density at radius 2 is 2.05 bits per heavy atom. The van der Waals surface area contributed by atoms with Crippen molar-refractivity contribution in [3.05, 3.63) is 71.5 Å². The molecular formula is C28H25ClFN7O4. The van der Waals surface area contributed by atoms with Gasteiger partial charge in [-0.05, 0) is 36.4 Å². The summed E-state index contributed by atoms with van der Waals surface area (Å²) in [5, 5.41) is 9.60. The van der Waals surface area contributed by atoms with E-state index < -0.39 is 11.8 Å². The molecule has 2 saturated heterocycles. The summed E-state index contributed by atoms with van der Waals surface area (Å²) in [6.45, 7) is 1.79. The Kier molecular flexibility index (Phi) is 7.49. The van der Waals surface area contributed by atoms with Gasteiger partial charge in [-0.3, -0.25) is 20.0 Å². The van der Waals surface area contributed by atoms with Gasteiger partial charge in [0, 0.05) is 36.5 Å². The Labute approximate surface area is 239 Å². The number of carbonyl (C=O) groups is 2. The van der Waals surface area contributed by atoms with Gasteiger partial charge < -0.3 is 20.1 Å². The summed E-state index contributed by atoms with van der Waals surface area (Å²) < 4.78 is 25.4. The standard InChI is InChI=1S/C28H25ClFN7O4/c29-21-9-16(2-4-22(21)30)35-27-20-10-24(25(11-23(20)33-15-34-27)41-19-6-8-40-14-19)32-12-17-1-3-18(13-31-17)37-7-5-26(38)36-28(37)39/h1-4,9-11,13,15,19,32H,5-8,12,14H2,(H,33,34,35)(H,36,38,39)/t19-/m0/s1. The minimum absolute atomic E-state index is 0.00175. The molecule has 2 aromatic carbocycles. The highest BCUT2D eigenvalue weighted by atomic mass is 35.5. The van der Waals surface area contributed by atoms with Crippen LogP contribution >= 0.6 is 11.6 Å². The average Bonchev–Trinajstić information content (AvgIpc) is 3.48. The van der Waals surface area contributed by atoms with E-state index in [9.17, 15) is 14.0 Å². The van der Waals surface area contributed by atoms with E-state index >= 15 is 0 Å². The first-order chi connectivity index (χ1) is 19.9. The number of hydrogen-bond donors (Lipinski definition) is 3. The number of amides is 3. The number of pyridine rings is 1. The lowest BCUT2D eigenvalue weighted by atomic mass is 10.1. The van der Waals surface area contributed by atoms with E-state index in [1.54, 1.807) is 18.3 Å². The van der Waals surface area contributed by atoms with Gasteiger partial charge in [-0.15, -0.1) is 0 Å². The van der Waals surface area contributed by atoms with Crippen LogP contribution < -0.4 is 25.6 Å². The van der Waals surface area contributed by atoms with E-state index in [-0.39, 0.29) is 23.5 Å². The Morgan fingerprint density at radius 1 is 1.15 bits per heavy atom. The minimum Gasteiger partial charge on any atom is -0.486 e. The number of nitrogens with one attached hydrogen (secondary N) is 3. The third kappa shape index (κ3) is 5.98. The fourth-order valence-corrected chi connectivity index (χ4v) is 4.77. The van der Waals surface area contributed by atoms with Gasteiger partial charge in [0.15, 0.2) is 0 Å². The summed E-state index contributed by atoms with van der Waals surface area (Å²) in [4.78, 5) is 38.4. The molecule has 0 saturated carbocycles. The number of urea groups is 1. The SMILES string of the molecule is O=C1CCN(c2ccc(CNc3cc4c(Nc5ccc(F)c(Cl)c5)ncnc4cc3O[C@H]3CCOC3)nc2)C(=O)N1. The molecule has 11 nitrogen and oxygen atoms in total. The smallest absolute Gasteiger partial charge is 0.328 e. The first kappa shape index (κ1) is 26.7. The van der Waals surface area contributed by atoms with E-state index in [2.05, 4.69) is 30.9 Å². The number of aromatic nitrogens is 3. The number of benzene rings is 2. The molecule has 13 heteroatoms. The summed E-state index contributed by atoms with van der Waals surface area (Å²) in [5.41, 5.74) is 3.24. The van der Waals surface area contributed by atoms with Crippen molar-refractivity contribution in [1.29, 1.82) is 0 Å². The van der Waals surface area contributed by atoms with E-state index in [1.165, 1.54) is 23.4 Å². The molecular weight excluding hydrogens is 553 g/mol. The first-order valence-electron chi connectivity index (χ1n) is 13.0. The summed E-state index contributed by atoms with van der Waals surface area (Å²) in [7, 11) is 0. The van der Waals surface area contributed by atoms with E-state index in [4.69, 9.17) is 21.1 Å². The highest BCUT2D eigenvalue weighted by Crippen LogP contribution is 2.35. The number of imide groups is 1. The second-order valence-electron chi connectivity index (χ2n) is 9.56. The zero-order valence-electron chi connectivity index (χ0n) is 21.7. The summed E-state index contributed by atoms with van der Waals surface area (Å²) in [5.74, 6) is 0.318. The van der Waals surface area contributed by atoms with Crippen molar-refractivity contribution in [3.8, 4) is 5.75 Å². The molecule has 0 spiro atoms. The van der Waals surface area contributed by atoms with Crippen LogP contribution in [-0.4, -0.2) is 52.8 Å². The molecule has 3 N–H and O–H groups in total. The highest BCUT2D eigenvalue weighted by molar-refractivity contribution is 6.31. The molecule has 2 aromatic heterocycles. The normalized spacial score (nSPS) is 17.0. The number of halogens is 2. The van der Waals surface area contributed by atoms with Gasteiger partial charge >= 0.3 is 6.03 Å². The van der Waals surface area contributed by atoms with Crippen molar-refractivity contribution < 1.29 is 23.5 Å². The largest absolute Gasteiger partial charge is 0.486 e. The molecule has 2 aliphatic heterocycles. The van der Waals surface area contributed by atoms with E-state index in [0.29, 0.717) is 65.8 Å². The van der Waals surface area contributed by atoms with Crippen LogP contribution in [0, 0.1) is 5.82 Å². The number of rotatable bonds is 8. The molecule has 41 heavy (non-hydrogen) atoms. The minimum atomic E-state index is -0.509. The number of nitrogens with zero attached hydrogens (tertiary/aromatic N) is 4. The van der Waals surface area contributed by atoms with Crippen LogP contribution in [0.4, 0.5) is 32.1 Å². The van der Waals surface area contributed by atoms with Crippen LogP contribution in [0.1, 0.15) is 18.5 Å². The van der Waals surface area contributed by atoms with Crippen LogP contribution in [0.3, 0.4) is 0 Å². The van der Waals surface area contributed by atoms with Crippen LogP contribution in [0.5, 0.6) is 5.75 Å². The molecule has 4 aromatic rings. The van der Waals surface area contributed by atoms with Crippen molar-refractivity contribution in [3.63, 3.8) is 0 Å². The fourth-order valence-electron chi connectivity index (χ4n) is 4.59. The molecule has 6 rings (SSSR count). The van der Waals surface area contributed by atoms with Gasteiger partial charge in [-0.1, -0.05) is 11.6 Å².